The molecule has 1 aliphatic carbocycles. The Hall–Kier alpha value is -0.920. The van der Waals surface area contributed by atoms with Crippen LogP contribution in [0.2, 0.25) is 0 Å². The van der Waals surface area contributed by atoms with Crippen molar-refractivity contribution in [3.8, 4) is 0 Å². The molecule has 8 heteroatoms. The highest BCUT2D eigenvalue weighted by molar-refractivity contribution is 5.73. The van der Waals surface area contributed by atoms with Crippen LogP contribution >= 0.6 is 0 Å². The smallest absolute Gasteiger partial charge is 0.475 e. The molecule has 0 atom stereocenters. The van der Waals surface area contributed by atoms with E-state index in [1.165, 1.54) is 0 Å². The van der Waals surface area contributed by atoms with E-state index in [1.54, 1.807) is 0 Å². The molecule has 18 heavy (non-hydrogen) atoms. The Bertz CT molecular complexity index is 293. The fraction of sp³-hybridized carbons (Fsp3) is 0.900. The summed E-state index contributed by atoms with van der Waals surface area (Å²) in [6, 6.07) is 0. The Labute approximate surface area is 100 Å². The summed E-state index contributed by atoms with van der Waals surface area (Å²) in [5.74, 6) is -2.44. The first-order valence-electron chi connectivity index (χ1n) is 5.44. The highest BCUT2D eigenvalue weighted by atomic mass is 19.4. The molecule has 1 aliphatic heterocycles. The van der Waals surface area contributed by atoms with Gasteiger partial charge in [0.25, 0.3) is 0 Å². The summed E-state index contributed by atoms with van der Waals surface area (Å²) < 4.78 is 55.5. The van der Waals surface area contributed by atoms with Gasteiger partial charge in [0.2, 0.25) is 6.43 Å². The lowest BCUT2D eigenvalue weighted by molar-refractivity contribution is -0.192. The molecule has 1 saturated carbocycles. The van der Waals surface area contributed by atoms with Crippen molar-refractivity contribution in [2.75, 3.05) is 13.1 Å². The predicted octanol–water partition coefficient (Wildman–Crippen LogP) is 2.27. The number of nitrogens with one attached hydrogen (secondary N) is 1. The molecule has 1 spiro atoms. The van der Waals surface area contributed by atoms with Crippen molar-refractivity contribution in [1.29, 1.82) is 0 Å². The van der Waals surface area contributed by atoms with E-state index in [-0.39, 0.29) is 6.42 Å². The van der Waals surface area contributed by atoms with Gasteiger partial charge in [-0.05, 0) is 24.2 Å². The van der Waals surface area contributed by atoms with E-state index in [0.29, 0.717) is 11.3 Å². The van der Waals surface area contributed by atoms with E-state index in [4.69, 9.17) is 9.90 Å². The van der Waals surface area contributed by atoms with Crippen LogP contribution in [-0.2, 0) is 4.79 Å². The van der Waals surface area contributed by atoms with Crippen LogP contribution in [0, 0.1) is 11.3 Å². The second kappa shape index (κ2) is 5.38. The first-order valence-corrected chi connectivity index (χ1v) is 5.44. The van der Waals surface area contributed by atoms with Crippen LogP contribution in [-0.4, -0.2) is 36.8 Å². The van der Waals surface area contributed by atoms with E-state index in [1.807, 2.05) is 0 Å². The number of aliphatic carboxylic acids is 1. The zero-order valence-electron chi connectivity index (χ0n) is 9.44. The Morgan fingerprint density at radius 2 is 1.78 bits per heavy atom. The number of rotatable bonds is 2. The lowest BCUT2D eigenvalue weighted by Crippen LogP contribution is -2.60. The number of carboxylic acid groups (broad SMARTS) is 1. The molecular weight excluding hydrogens is 261 g/mol. The summed E-state index contributed by atoms with van der Waals surface area (Å²) in [6.07, 6.45) is -4.98. The van der Waals surface area contributed by atoms with Crippen molar-refractivity contribution in [2.45, 2.75) is 31.9 Å². The topological polar surface area (TPSA) is 49.3 Å². The normalized spacial score (nSPS) is 21.9. The van der Waals surface area contributed by atoms with Gasteiger partial charge in [0, 0.05) is 19.5 Å². The maximum Gasteiger partial charge on any atom is 0.490 e. The Morgan fingerprint density at radius 1 is 1.33 bits per heavy atom. The Kier molecular flexibility index (Phi) is 4.52. The van der Waals surface area contributed by atoms with E-state index in [9.17, 15) is 22.0 Å². The zero-order chi connectivity index (χ0) is 14.0. The second-order valence-electron chi connectivity index (χ2n) is 4.81. The summed E-state index contributed by atoms with van der Waals surface area (Å²) in [5, 5.41) is 10.3. The first kappa shape index (κ1) is 15.1. The van der Waals surface area contributed by atoms with Crippen LogP contribution < -0.4 is 5.32 Å². The Balaban J connectivity index is 0.000000203. The van der Waals surface area contributed by atoms with Gasteiger partial charge in [0.15, 0.2) is 0 Å². The average molecular weight is 275 g/mol. The van der Waals surface area contributed by atoms with Crippen molar-refractivity contribution >= 4 is 5.97 Å². The van der Waals surface area contributed by atoms with Gasteiger partial charge in [-0.1, -0.05) is 0 Å². The minimum atomic E-state index is -5.08. The van der Waals surface area contributed by atoms with Crippen molar-refractivity contribution < 1.29 is 31.9 Å². The molecule has 2 N–H and O–H groups in total. The van der Waals surface area contributed by atoms with Crippen LogP contribution in [0.3, 0.4) is 0 Å². The molecule has 0 unspecified atom stereocenters. The van der Waals surface area contributed by atoms with Gasteiger partial charge in [-0.2, -0.15) is 13.2 Å². The molecule has 1 saturated heterocycles. The first-order chi connectivity index (χ1) is 8.15. The minimum absolute atomic E-state index is 0.127. The van der Waals surface area contributed by atoms with Crippen LogP contribution in [0.5, 0.6) is 0 Å². The van der Waals surface area contributed by atoms with Gasteiger partial charge in [-0.3, -0.25) is 0 Å². The number of hydrogen-bond donors (Lipinski definition) is 2. The molecule has 2 rings (SSSR count). The molecule has 2 fully saturated rings. The SMILES string of the molecule is FC(F)CC1CC2(CNC2)C1.O=C(O)C(F)(F)F. The lowest BCUT2D eigenvalue weighted by Gasteiger charge is -2.54. The lowest BCUT2D eigenvalue weighted by atomic mass is 9.58. The third kappa shape index (κ3) is 4.08. The van der Waals surface area contributed by atoms with Crippen LogP contribution in [0.15, 0.2) is 0 Å². The van der Waals surface area contributed by atoms with Crippen molar-refractivity contribution in [3.05, 3.63) is 0 Å². The standard InChI is InChI=1S/C8H13F2N.C2HF3O2/c9-7(10)1-6-2-8(3-6)4-11-5-8;3-2(4,5)1(6)7/h6-7,11H,1-5H2;(H,6,7). The zero-order valence-corrected chi connectivity index (χ0v) is 9.44. The van der Waals surface area contributed by atoms with Crippen molar-refractivity contribution in [3.63, 3.8) is 0 Å². The number of carboxylic acids is 1. The largest absolute Gasteiger partial charge is 0.490 e. The maximum absolute atomic E-state index is 11.9. The monoisotopic (exact) mass is 275 g/mol. The van der Waals surface area contributed by atoms with Gasteiger partial charge < -0.3 is 10.4 Å². The van der Waals surface area contributed by atoms with Gasteiger partial charge >= 0.3 is 12.1 Å². The highest BCUT2D eigenvalue weighted by Gasteiger charge is 2.48. The van der Waals surface area contributed by atoms with Crippen LogP contribution in [0.25, 0.3) is 0 Å². The molecule has 0 radical (unpaired) electrons. The van der Waals surface area contributed by atoms with E-state index in [2.05, 4.69) is 5.32 Å². The molecule has 0 amide bonds. The quantitative estimate of drug-likeness (QED) is 0.760. The van der Waals surface area contributed by atoms with E-state index >= 15 is 0 Å². The predicted molar refractivity (Wildman–Crippen MR) is 52.3 cm³/mol. The average Bonchev–Trinajstić information content (AvgIpc) is 2.06. The number of hydrogen-bond acceptors (Lipinski definition) is 2. The molecule has 106 valence electrons. The fourth-order valence-corrected chi connectivity index (χ4v) is 2.35. The molecule has 3 nitrogen and oxygen atoms in total. The third-order valence-electron chi connectivity index (χ3n) is 3.20. The minimum Gasteiger partial charge on any atom is -0.475 e. The van der Waals surface area contributed by atoms with Gasteiger partial charge in [-0.15, -0.1) is 0 Å². The number of carbonyl (C=O) groups is 1. The molecule has 0 aromatic rings. The molecular formula is C10H14F5NO2. The summed E-state index contributed by atoms with van der Waals surface area (Å²) in [7, 11) is 0. The van der Waals surface area contributed by atoms with Gasteiger partial charge in [0.05, 0.1) is 0 Å². The molecule has 0 aromatic carbocycles. The summed E-state index contributed by atoms with van der Waals surface area (Å²) >= 11 is 0. The van der Waals surface area contributed by atoms with E-state index in [0.717, 1.165) is 25.9 Å². The maximum atomic E-state index is 11.9. The molecule has 1 heterocycles. The van der Waals surface area contributed by atoms with Crippen molar-refractivity contribution in [1.82, 2.24) is 5.32 Å². The van der Waals surface area contributed by atoms with Gasteiger partial charge in [0.1, 0.15) is 0 Å². The summed E-state index contributed by atoms with van der Waals surface area (Å²) in [5.41, 5.74) is 0.458. The number of alkyl halides is 5. The summed E-state index contributed by atoms with van der Waals surface area (Å²) in [6.45, 7) is 2.12. The molecule has 0 bridgehead atoms. The highest BCUT2D eigenvalue weighted by Crippen LogP contribution is 2.50. The molecule has 2 aliphatic rings. The third-order valence-corrected chi connectivity index (χ3v) is 3.20. The second-order valence-corrected chi connectivity index (χ2v) is 4.81. The molecule has 0 aromatic heterocycles. The van der Waals surface area contributed by atoms with Crippen molar-refractivity contribution in [2.24, 2.45) is 11.3 Å². The fourth-order valence-electron chi connectivity index (χ4n) is 2.35. The van der Waals surface area contributed by atoms with Crippen LogP contribution in [0.4, 0.5) is 22.0 Å². The summed E-state index contributed by atoms with van der Waals surface area (Å²) in [4.78, 5) is 8.90. The van der Waals surface area contributed by atoms with Gasteiger partial charge in [-0.25, -0.2) is 13.6 Å². The number of halogens is 5. The Morgan fingerprint density at radius 3 is 2.00 bits per heavy atom. The van der Waals surface area contributed by atoms with E-state index < -0.39 is 18.6 Å². The van der Waals surface area contributed by atoms with Crippen LogP contribution in [0.1, 0.15) is 19.3 Å².